The number of carbonyl (C=O) groups excluding carboxylic acids is 1. The summed E-state index contributed by atoms with van der Waals surface area (Å²) in [5.74, 6) is 0.650. The molecule has 0 unspecified atom stereocenters. The van der Waals surface area contributed by atoms with Gasteiger partial charge in [0.1, 0.15) is 0 Å². The molecule has 0 saturated heterocycles. The van der Waals surface area contributed by atoms with E-state index >= 15 is 0 Å². The van der Waals surface area contributed by atoms with Crippen LogP contribution in [0.15, 0.2) is 24.3 Å². The van der Waals surface area contributed by atoms with E-state index in [2.05, 4.69) is 24.5 Å². The SMILES string of the molecule is CC(C)CNc1cccc(NC(=O)C(C)C)c1. The van der Waals surface area contributed by atoms with E-state index in [1.54, 1.807) is 0 Å². The molecule has 0 fully saturated rings. The Balaban J connectivity index is 2.62. The maximum Gasteiger partial charge on any atom is 0.226 e. The van der Waals surface area contributed by atoms with E-state index in [0.717, 1.165) is 17.9 Å². The summed E-state index contributed by atoms with van der Waals surface area (Å²) in [6, 6.07) is 7.81. The average molecular weight is 234 g/mol. The highest BCUT2D eigenvalue weighted by Gasteiger charge is 2.07. The third-order valence-electron chi connectivity index (χ3n) is 2.37. The molecule has 1 amide bonds. The lowest BCUT2D eigenvalue weighted by Gasteiger charge is -2.12. The fourth-order valence-corrected chi connectivity index (χ4v) is 1.32. The van der Waals surface area contributed by atoms with Crippen LogP contribution in [0.3, 0.4) is 0 Å². The second-order valence-corrected chi connectivity index (χ2v) is 5.00. The molecule has 0 aliphatic heterocycles. The Kier molecular flexibility index (Phi) is 5.01. The first-order chi connectivity index (χ1) is 7.99. The zero-order valence-electron chi connectivity index (χ0n) is 11.1. The monoisotopic (exact) mass is 234 g/mol. The zero-order chi connectivity index (χ0) is 12.8. The van der Waals surface area contributed by atoms with Gasteiger partial charge in [0.2, 0.25) is 5.91 Å². The molecule has 0 heterocycles. The summed E-state index contributed by atoms with van der Waals surface area (Å²) in [6.45, 7) is 9.03. The number of rotatable bonds is 5. The number of benzene rings is 1. The van der Waals surface area contributed by atoms with Gasteiger partial charge in [-0.05, 0) is 24.1 Å². The third kappa shape index (κ3) is 4.89. The Labute approximate surface area is 104 Å². The molecule has 1 rings (SSSR count). The van der Waals surface area contributed by atoms with Gasteiger partial charge in [-0.25, -0.2) is 0 Å². The fraction of sp³-hybridized carbons (Fsp3) is 0.500. The third-order valence-corrected chi connectivity index (χ3v) is 2.37. The van der Waals surface area contributed by atoms with Crippen molar-refractivity contribution in [1.82, 2.24) is 0 Å². The van der Waals surface area contributed by atoms with Crippen molar-refractivity contribution in [2.75, 3.05) is 17.2 Å². The van der Waals surface area contributed by atoms with Crippen LogP contribution in [0.25, 0.3) is 0 Å². The van der Waals surface area contributed by atoms with Gasteiger partial charge in [0.25, 0.3) is 0 Å². The minimum Gasteiger partial charge on any atom is -0.385 e. The van der Waals surface area contributed by atoms with Gasteiger partial charge in [0.15, 0.2) is 0 Å². The van der Waals surface area contributed by atoms with Crippen molar-refractivity contribution in [2.24, 2.45) is 11.8 Å². The van der Waals surface area contributed by atoms with Gasteiger partial charge < -0.3 is 10.6 Å². The van der Waals surface area contributed by atoms with Crippen molar-refractivity contribution in [1.29, 1.82) is 0 Å². The normalized spacial score (nSPS) is 10.7. The molecule has 0 aliphatic carbocycles. The Bertz CT molecular complexity index is 372. The summed E-state index contributed by atoms with van der Waals surface area (Å²) < 4.78 is 0. The van der Waals surface area contributed by atoms with Crippen LogP contribution in [0.1, 0.15) is 27.7 Å². The van der Waals surface area contributed by atoms with Crippen molar-refractivity contribution < 1.29 is 4.79 Å². The second kappa shape index (κ2) is 6.28. The number of anilines is 2. The lowest BCUT2D eigenvalue weighted by atomic mass is 10.2. The highest BCUT2D eigenvalue weighted by molar-refractivity contribution is 5.92. The van der Waals surface area contributed by atoms with E-state index in [1.807, 2.05) is 38.1 Å². The molecule has 1 aromatic carbocycles. The van der Waals surface area contributed by atoms with E-state index in [-0.39, 0.29) is 11.8 Å². The van der Waals surface area contributed by atoms with Gasteiger partial charge in [-0.3, -0.25) is 4.79 Å². The topological polar surface area (TPSA) is 41.1 Å². The van der Waals surface area contributed by atoms with Gasteiger partial charge >= 0.3 is 0 Å². The van der Waals surface area contributed by atoms with Crippen LogP contribution in [0.5, 0.6) is 0 Å². The molecule has 94 valence electrons. The molecule has 0 bridgehead atoms. The molecule has 0 radical (unpaired) electrons. The molecule has 0 aliphatic rings. The summed E-state index contributed by atoms with van der Waals surface area (Å²) in [5.41, 5.74) is 1.89. The van der Waals surface area contributed by atoms with Crippen LogP contribution in [0.2, 0.25) is 0 Å². The molecular formula is C14H22N2O. The molecule has 3 nitrogen and oxygen atoms in total. The van der Waals surface area contributed by atoms with Crippen LogP contribution in [-0.4, -0.2) is 12.5 Å². The molecule has 0 spiro atoms. The van der Waals surface area contributed by atoms with Gasteiger partial charge in [-0.2, -0.15) is 0 Å². The van der Waals surface area contributed by atoms with Crippen LogP contribution < -0.4 is 10.6 Å². The van der Waals surface area contributed by atoms with Crippen LogP contribution in [0.4, 0.5) is 11.4 Å². The summed E-state index contributed by atoms with van der Waals surface area (Å²) in [6.07, 6.45) is 0. The van der Waals surface area contributed by atoms with Gasteiger partial charge in [-0.1, -0.05) is 33.8 Å². The minimum atomic E-state index is 0.00211. The summed E-state index contributed by atoms with van der Waals surface area (Å²) in [7, 11) is 0. The van der Waals surface area contributed by atoms with Crippen LogP contribution in [0, 0.1) is 11.8 Å². The average Bonchev–Trinajstić information content (AvgIpc) is 2.26. The van der Waals surface area contributed by atoms with E-state index in [0.29, 0.717) is 5.92 Å². The largest absolute Gasteiger partial charge is 0.385 e. The quantitative estimate of drug-likeness (QED) is 0.820. The summed E-state index contributed by atoms with van der Waals surface area (Å²) >= 11 is 0. The van der Waals surface area contributed by atoms with E-state index in [1.165, 1.54) is 0 Å². The molecular weight excluding hydrogens is 212 g/mol. The first-order valence-corrected chi connectivity index (χ1v) is 6.14. The Hall–Kier alpha value is -1.51. The standard InChI is InChI=1S/C14H22N2O/c1-10(2)9-15-12-6-5-7-13(8-12)16-14(17)11(3)4/h5-8,10-11,15H,9H2,1-4H3,(H,16,17). The van der Waals surface area contributed by atoms with Crippen LogP contribution in [-0.2, 0) is 4.79 Å². The molecule has 2 N–H and O–H groups in total. The molecule has 1 aromatic rings. The highest BCUT2D eigenvalue weighted by Crippen LogP contribution is 2.16. The number of hydrogen-bond acceptors (Lipinski definition) is 2. The Morgan fingerprint density at radius 1 is 1.18 bits per heavy atom. The predicted octanol–water partition coefficient (Wildman–Crippen LogP) is 3.35. The van der Waals surface area contributed by atoms with Crippen molar-refractivity contribution >= 4 is 17.3 Å². The lowest BCUT2D eigenvalue weighted by molar-refractivity contribution is -0.118. The first kappa shape index (κ1) is 13.6. The van der Waals surface area contributed by atoms with Crippen molar-refractivity contribution in [3.8, 4) is 0 Å². The van der Waals surface area contributed by atoms with Crippen molar-refractivity contribution in [3.05, 3.63) is 24.3 Å². The Morgan fingerprint density at radius 2 is 1.82 bits per heavy atom. The Morgan fingerprint density at radius 3 is 2.41 bits per heavy atom. The van der Waals surface area contributed by atoms with E-state index in [9.17, 15) is 4.79 Å². The molecule has 3 heteroatoms. The van der Waals surface area contributed by atoms with Gasteiger partial charge in [0, 0.05) is 23.8 Å². The molecule has 0 aromatic heterocycles. The molecule has 0 saturated carbocycles. The summed E-state index contributed by atoms with van der Waals surface area (Å²) in [4.78, 5) is 11.6. The maximum absolute atomic E-state index is 11.6. The number of carbonyl (C=O) groups is 1. The van der Waals surface area contributed by atoms with Gasteiger partial charge in [0.05, 0.1) is 0 Å². The first-order valence-electron chi connectivity index (χ1n) is 6.14. The smallest absolute Gasteiger partial charge is 0.226 e. The highest BCUT2D eigenvalue weighted by atomic mass is 16.1. The van der Waals surface area contributed by atoms with Crippen LogP contribution >= 0.6 is 0 Å². The number of amides is 1. The van der Waals surface area contributed by atoms with Gasteiger partial charge in [-0.15, -0.1) is 0 Å². The predicted molar refractivity (Wildman–Crippen MR) is 73.2 cm³/mol. The molecule has 0 atom stereocenters. The number of nitrogens with one attached hydrogen (secondary N) is 2. The van der Waals surface area contributed by atoms with E-state index in [4.69, 9.17) is 0 Å². The lowest BCUT2D eigenvalue weighted by Crippen LogP contribution is -2.17. The fourth-order valence-electron chi connectivity index (χ4n) is 1.32. The summed E-state index contributed by atoms with van der Waals surface area (Å²) in [5, 5.41) is 6.23. The number of hydrogen-bond donors (Lipinski definition) is 2. The van der Waals surface area contributed by atoms with Crippen molar-refractivity contribution in [3.63, 3.8) is 0 Å². The maximum atomic E-state index is 11.6. The van der Waals surface area contributed by atoms with E-state index < -0.39 is 0 Å². The van der Waals surface area contributed by atoms with Crippen molar-refractivity contribution in [2.45, 2.75) is 27.7 Å². The second-order valence-electron chi connectivity index (χ2n) is 5.00. The zero-order valence-corrected chi connectivity index (χ0v) is 11.1. The molecule has 17 heavy (non-hydrogen) atoms. The minimum absolute atomic E-state index is 0.00211.